The Morgan fingerprint density at radius 3 is 2.55 bits per heavy atom. The first kappa shape index (κ1) is 21.1. The van der Waals surface area contributed by atoms with E-state index in [4.69, 9.17) is 4.74 Å². The number of H-pyrrole nitrogens is 1. The van der Waals surface area contributed by atoms with Gasteiger partial charge in [0.25, 0.3) is 5.91 Å². The number of nitrogens with zero attached hydrogens (tertiary/aromatic N) is 5. The van der Waals surface area contributed by atoms with Gasteiger partial charge in [-0.25, -0.2) is 4.98 Å². The Kier molecular flexibility index (Phi) is 5.32. The van der Waals surface area contributed by atoms with Crippen molar-refractivity contribution < 1.29 is 14.3 Å². The number of carbonyl (C=O) groups is 2. The molecule has 2 fully saturated rings. The highest BCUT2D eigenvalue weighted by Gasteiger charge is 2.49. The average molecular weight is 447 g/mol. The number of rotatable bonds is 4. The molecule has 2 aliphatic rings. The Morgan fingerprint density at radius 2 is 1.88 bits per heavy atom. The normalized spacial score (nSPS) is 17.6. The van der Waals surface area contributed by atoms with Gasteiger partial charge in [0.05, 0.1) is 30.6 Å². The summed E-state index contributed by atoms with van der Waals surface area (Å²) in [6.07, 6.45) is 8.75. The monoisotopic (exact) mass is 446 g/mol. The number of aromatic nitrogens is 4. The molecular weight excluding hydrogens is 420 g/mol. The highest BCUT2D eigenvalue weighted by molar-refractivity contribution is 6.01. The van der Waals surface area contributed by atoms with Gasteiger partial charge >= 0.3 is 0 Å². The lowest BCUT2D eigenvalue weighted by molar-refractivity contribution is -0.127. The quantitative estimate of drug-likeness (QED) is 0.661. The summed E-state index contributed by atoms with van der Waals surface area (Å²) in [6, 6.07) is 5.83. The van der Waals surface area contributed by atoms with Crippen molar-refractivity contribution >= 4 is 17.5 Å². The van der Waals surface area contributed by atoms with Crippen molar-refractivity contribution in [3.63, 3.8) is 0 Å². The zero-order valence-corrected chi connectivity index (χ0v) is 18.7. The topological polar surface area (TPSA) is 104 Å². The molecule has 4 heterocycles. The number of amides is 2. The van der Waals surface area contributed by atoms with E-state index >= 15 is 0 Å². The molecule has 0 unspecified atom stereocenters. The van der Waals surface area contributed by atoms with Crippen molar-refractivity contribution in [3.05, 3.63) is 54.4 Å². The summed E-state index contributed by atoms with van der Waals surface area (Å²) in [5, 5.41) is 6.82. The molecule has 0 aliphatic carbocycles. The molecule has 1 aromatic carbocycles. The fraction of sp³-hybridized carbons (Fsp3) is 0.375. The molecule has 0 bridgehead atoms. The molecule has 3 aromatic rings. The van der Waals surface area contributed by atoms with Crippen molar-refractivity contribution in [2.75, 3.05) is 31.6 Å². The third-order valence-electron chi connectivity index (χ3n) is 6.83. The van der Waals surface area contributed by atoms with Gasteiger partial charge in [-0.3, -0.25) is 19.7 Å². The van der Waals surface area contributed by atoms with Gasteiger partial charge in [0, 0.05) is 54.9 Å². The van der Waals surface area contributed by atoms with Gasteiger partial charge in [-0.1, -0.05) is 0 Å². The van der Waals surface area contributed by atoms with Crippen molar-refractivity contribution in [2.45, 2.75) is 26.2 Å². The molecule has 0 saturated carbocycles. The van der Waals surface area contributed by atoms with E-state index in [2.05, 4.69) is 20.2 Å². The van der Waals surface area contributed by atoms with Crippen LogP contribution in [-0.4, -0.2) is 63.6 Å². The Labute approximate surface area is 191 Å². The Bertz CT molecular complexity index is 1170. The van der Waals surface area contributed by atoms with Gasteiger partial charge in [0.15, 0.2) is 0 Å². The van der Waals surface area contributed by atoms with Crippen LogP contribution in [0.3, 0.4) is 0 Å². The molecule has 2 aliphatic heterocycles. The van der Waals surface area contributed by atoms with Gasteiger partial charge in [-0.2, -0.15) is 5.10 Å². The first-order valence-electron chi connectivity index (χ1n) is 11.1. The van der Waals surface area contributed by atoms with Crippen LogP contribution in [-0.2, 0) is 4.79 Å². The van der Waals surface area contributed by atoms with E-state index in [9.17, 15) is 9.59 Å². The fourth-order valence-electron chi connectivity index (χ4n) is 4.82. The lowest BCUT2D eigenvalue weighted by atomic mass is 9.77. The van der Waals surface area contributed by atoms with Gasteiger partial charge in [0.2, 0.25) is 5.91 Å². The van der Waals surface area contributed by atoms with Gasteiger partial charge in [-0.05, 0) is 38.3 Å². The van der Waals surface area contributed by atoms with E-state index in [1.807, 2.05) is 36.2 Å². The number of hydrogen-bond acceptors (Lipinski definition) is 6. The number of hydrogen-bond donors (Lipinski definition) is 1. The van der Waals surface area contributed by atoms with Gasteiger partial charge < -0.3 is 14.5 Å². The van der Waals surface area contributed by atoms with Crippen LogP contribution in [0, 0.1) is 12.3 Å². The van der Waals surface area contributed by atoms with Gasteiger partial charge in [-0.15, -0.1) is 0 Å². The molecule has 1 spiro atoms. The second-order valence-corrected chi connectivity index (χ2v) is 8.69. The summed E-state index contributed by atoms with van der Waals surface area (Å²) >= 11 is 0. The first-order chi connectivity index (χ1) is 16.0. The van der Waals surface area contributed by atoms with Crippen LogP contribution in [0.2, 0.25) is 0 Å². The first-order valence-corrected chi connectivity index (χ1v) is 11.1. The number of methoxy groups -OCH3 is 1. The van der Waals surface area contributed by atoms with E-state index < -0.39 is 5.41 Å². The smallest absolute Gasteiger partial charge is 0.274 e. The number of anilines is 1. The van der Waals surface area contributed by atoms with Crippen molar-refractivity contribution in [3.8, 4) is 16.9 Å². The minimum Gasteiger partial charge on any atom is -0.496 e. The van der Waals surface area contributed by atoms with Crippen LogP contribution in [0.5, 0.6) is 5.75 Å². The highest BCUT2D eigenvalue weighted by atomic mass is 16.5. The van der Waals surface area contributed by atoms with E-state index in [-0.39, 0.29) is 11.8 Å². The summed E-state index contributed by atoms with van der Waals surface area (Å²) < 4.78 is 5.60. The maximum absolute atomic E-state index is 13.5. The van der Waals surface area contributed by atoms with Crippen LogP contribution >= 0.6 is 0 Å². The summed E-state index contributed by atoms with van der Waals surface area (Å²) in [7, 11) is 1.63. The third kappa shape index (κ3) is 3.73. The fourth-order valence-corrected chi connectivity index (χ4v) is 4.82. The Balaban J connectivity index is 1.30. The average Bonchev–Trinajstić information content (AvgIpc) is 3.49. The van der Waals surface area contributed by atoms with Crippen LogP contribution in [0.25, 0.3) is 11.1 Å². The largest absolute Gasteiger partial charge is 0.496 e. The SMILES string of the molecule is COc1cc(N2CCC3(CCN(C(=O)c4cnc(C)cn4)CC3)C2=O)ccc1-c1cn[nH]c1. The molecule has 2 aromatic heterocycles. The predicted molar refractivity (Wildman–Crippen MR) is 122 cm³/mol. The summed E-state index contributed by atoms with van der Waals surface area (Å²) in [6.45, 7) is 3.57. The standard InChI is InChI=1S/C24H26N6O3/c1-16-12-26-20(15-25-16)22(31)29-8-5-24(6-9-29)7-10-30(23(24)32)18-3-4-19(21(11-18)33-2)17-13-27-28-14-17/h3-4,11-15H,5-10H2,1-2H3,(H,27,28). The number of ether oxygens (including phenoxy) is 1. The zero-order chi connectivity index (χ0) is 23.0. The second kappa shape index (κ2) is 8.31. The molecule has 2 amide bonds. The molecule has 1 N–H and O–H groups in total. The van der Waals surface area contributed by atoms with E-state index in [0.29, 0.717) is 43.9 Å². The lowest BCUT2D eigenvalue weighted by Crippen LogP contribution is -2.46. The Hall–Kier alpha value is -3.75. The molecular formula is C24H26N6O3. The van der Waals surface area contributed by atoms with E-state index in [0.717, 1.165) is 28.9 Å². The van der Waals surface area contributed by atoms with Crippen molar-refractivity contribution in [1.82, 2.24) is 25.1 Å². The molecule has 9 nitrogen and oxygen atoms in total. The maximum atomic E-state index is 13.5. The number of benzene rings is 1. The molecule has 170 valence electrons. The molecule has 0 atom stereocenters. The van der Waals surface area contributed by atoms with E-state index in [1.54, 1.807) is 24.4 Å². The van der Waals surface area contributed by atoms with Crippen LogP contribution in [0.1, 0.15) is 35.4 Å². The number of aromatic amines is 1. The summed E-state index contributed by atoms with van der Waals surface area (Å²) in [5.74, 6) is 0.698. The summed E-state index contributed by atoms with van der Waals surface area (Å²) in [4.78, 5) is 38.3. The highest BCUT2D eigenvalue weighted by Crippen LogP contribution is 2.44. The van der Waals surface area contributed by atoms with Crippen LogP contribution in [0.4, 0.5) is 5.69 Å². The number of likely N-dealkylation sites (tertiary alicyclic amines) is 1. The lowest BCUT2D eigenvalue weighted by Gasteiger charge is -2.37. The van der Waals surface area contributed by atoms with Crippen molar-refractivity contribution in [1.29, 1.82) is 0 Å². The number of carbonyl (C=O) groups excluding carboxylic acids is 2. The minimum absolute atomic E-state index is 0.126. The number of piperidine rings is 1. The van der Waals surface area contributed by atoms with Crippen LogP contribution < -0.4 is 9.64 Å². The summed E-state index contributed by atoms with van der Waals surface area (Å²) in [5.41, 5.74) is 3.37. The zero-order valence-electron chi connectivity index (χ0n) is 18.7. The van der Waals surface area contributed by atoms with Crippen molar-refractivity contribution in [2.24, 2.45) is 5.41 Å². The predicted octanol–water partition coefficient (Wildman–Crippen LogP) is 2.84. The minimum atomic E-state index is -0.424. The molecule has 5 rings (SSSR count). The third-order valence-corrected chi connectivity index (χ3v) is 6.83. The number of nitrogens with one attached hydrogen (secondary N) is 1. The molecule has 2 saturated heterocycles. The van der Waals surface area contributed by atoms with E-state index in [1.165, 1.54) is 6.20 Å². The maximum Gasteiger partial charge on any atom is 0.274 e. The molecule has 33 heavy (non-hydrogen) atoms. The van der Waals surface area contributed by atoms with Crippen LogP contribution in [0.15, 0.2) is 43.0 Å². The molecule has 9 heteroatoms. The number of aryl methyl sites for hydroxylation is 1. The molecule has 0 radical (unpaired) electrons. The van der Waals surface area contributed by atoms with Gasteiger partial charge in [0.1, 0.15) is 11.4 Å². The second-order valence-electron chi connectivity index (χ2n) is 8.69. The Morgan fingerprint density at radius 1 is 1.09 bits per heavy atom.